The van der Waals surface area contributed by atoms with Crippen LogP contribution in [-0.2, 0) is 13.1 Å². The van der Waals surface area contributed by atoms with E-state index in [0.717, 1.165) is 40.3 Å². The number of halogens is 2. The molecule has 0 amide bonds. The van der Waals surface area contributed by atoms with E-state index in [9.17, 15) is 0 Å². The first-order valence-electron chi connectivity index (χ1n) is 6.84. The van der Waals surface area contributed by atoms with Crippen molar-refractivity contribution in [1.29, 1.82) is 0 Å². The van der Waals surface area contributed by atoms with Gasteiger partial charge in [-0.1, -0.05) is 6.07 Å². The van der Waals surface area contributed by atoms with Crippen LogP contribution >= 0.6 is 28.3 Å². The van der Waals surface area contributed by atoms with Gasteiger partial charge in [0.2, 0.25) is 0 Å². The highest BCUT2D eigenvalue weighted by atomic mass is 79.9. The van der Waals surface area contributed by atoms with Gasteiger partial charge >= 0.3 is 0 Å². The SMILES string of the molecule is CCOc1cc(CNCc2ccccn2)cc(Br)c1OC.Cl. The Morgan fingerprint density at radius 3 is 2.68 bits per heavy atom. The largest absolute Gasteiger partial charge is 0.492 e. The van der Waals surface area contributed by atoms with Gasteiger partial charge in [0.05, 0.1) is 23.9 Å². The second kappa shape index (κ2) is 9.66. The lowest BCUT2D eigenvalue weighted by Crippen LogP contribution is -2.13. The Morgan fingerprint density at radius 2 is 2.05 bits per heavy atom. The Bertz CT molecular complexity index is 582. The van der Waals surface area contributed by atoms with Crippen LogP contribution in [0.25, 0.3) is 0 Å². The summed E-state index contributed by atoms with van der Waals surface area (Å²) in [6, 6.07) is 9.94. The minimum absolute atomic E-state index is 0. The summed E-state index contributed by atoms with van der Waals surface area (Å²) >= 11 is 3.52. The zero-order chi connectivity index (χ0) is 15.1. The van der Waals surface area contributed by atoms with Crippen molar-refractivity contribution in [3.63, 3.8) is 0 Å². The van der Waals surface area contributed by atoms with Gasteiger partial charge in [-0.3, -0.25) is 4.98 Å². The van der Waals surface area contributed by atoms with Crippen molar-refractivity contribution in [2.75, 3.05) is 13.7 Å². The van der Waals surface area contributed by atoms with Crippen LogP contribution in [0.2, 0.25) is 0 Å². The van der Waals surface area contributed by atoms with E-state index in [1.807, 2.05) is 37.3 Å². The predicted molar refractivity (Wildman–Crippen MR) is 93.9 cm³/mol. The molecule has 0 unspecified atom stereocenters. The number of nitrogens with one attached hydrogen (secondary N) is 1. The van der Waals surface area contributed by atoms with Gasteiger partial charge in [0.25, 0.3) is 0 Å². The van der Waals surface area contributed by atoms with E-state index in [1.54, 1.807) is 13.3 Å². The molecule has 0 fully saturated rings. The number of methoxy groups -OCH3 is 1. The molecule has 2 aromatic rings. The third kappa shape index (κ3) is 5.16. The fraction of sp³-hybridized carbons (Fsp3) is 0.312. The fourth-order valence-corrected chi connectivity index (χ4v) is 2.67. The van der Waals surface area contributed by atoms with Crippen LogP contribution in [-0.4, -0.2) is 18.7 Å². The first kappa shape index (κ1) is 18.7. The molecule has 0 saturated heterocycles. The number of rotatable bonds is 7. The molecule has 1 N–H and O–H groups in total. The standard InChI is InChI=1S/C16H19BrN2O2.ClH/c1-3-21-15-9-12(8-14(17)16(15)20-2)10-18-11-13-6-4-5-7-19-13;/h4-9,18H,3,10-11H2,1-2H3;1H. The van der Waals surface area contributed by atoms with Crippen LogP contribution in [0.3, 0.4) is 0 Å². The topological polar surface area (TPSA) is 43.4 Å². The van der Waals surface area contributed by atoms with Crippen molar-refractivity contribution in [3.05, 3.63) is 52.3 Å². The first-order valence-corrected chi connectivity index (χ1v) is 7.63. The number of benzene rings is 1. The smallest absolute Gasteiger partial charge is 0.174 e. The van der Waals surface area contributed by atoms with Crippen molar-refractivity contribution in [3.8, 4) is 11.5 Å². The molecule has 22 heavy (non-hydrogen) atoms. The average molecular weight is 388 g/mol. The number of pyridine rings is 1. The summed E-state index contributed by atoms with van der Waals surface area (Å²) in [6.45, 7) is 4.03. The molecule has 0 saturated carbocycles. The van der Waals surface area contributed by atoms with E-state index in [4.69, 9.17) is 9.47 Å². The molecular weight excluding hydrogens is 368 g/mol. The van der Waals surface area contributed by atoms with Gasteiger partial charge < -0.3 is 14.8 Å². The Hall–Kier alpha value is -1.30. The second-order valence-electron chi connectivity index (χ2n) is 4.47. The molecule has 2 rings (SSSR count). The molecule has 0 aliphatic carbocycles. The lowest BCUT2D eigenvalue weighted by Gasteiger charge is -2.13. The molecule has 1 aromatic heterocycles. The molecule has 0 spiro atoms. The highest BCUT2D eigenvalue weighted by Crippen LogP contribution is 2.36. The summed E-state index contributed by atoms with van der Waals surface area (Å²) in [4.78, 5) is 4.29. The van der Waals surface area contributed by atoms with Crippen molar-refractivity contribution in [2.45, 2.75) is 20.0 Å². The van der Waals surface area contributed by atoms with Crippen molar-refractivity contribution >= 4 is 28.3 Å². The van der Waals surface area contributed by atoms with Gasteiger partial charge in [0.15, 0.2) is 11.5 Å². The van der Waals surface area contributed by atoms with Gasteiger partial charge in [-0.25, -0.2) is 0 Å². The monoisotopic (exact) mass is 386 g/mol. The third-order valence-corrected chi connectivity index (χ3v) is 3.52. The minimum atomic E-state index is 0. The molecule has 0 radical (unpaired) electrons. The summed E-state index contributed by atoms with van der Waals surface area (Å²) in [7, 11) is 1.64. The van der Waals surface area contributed by atoms with Crippen LogP contribution in [0.4, 0.5) is 0 Å². The van der Waals surface area contributed by atoms with Crippen LogP contribution in [0, 0.1) is 0 Å². The highest BCUT2D eigenvalue weighted by Gasteiger charge is 2.10. The summed E-state index contributed by atoms with van der Waals surface area (Å²) in [6.07, 6.45) is 1.80. The number of aromatic nitrogens is 1. The fourth-order valence-electron chi connectivity index (χ4n) is 2.02. The maximum Gasteiger partial charge on any atom is 0.174 e. The van der Waals surface area contributed by atoms with E-state index >= 15 is 0 Å². The van der Waals surface area contributed by atoms with Crippen LogP contribution in [0.15, 0.2) is 41.0 Å². The van der Waals surface area contributed by atoms with Crippen molar-refractivity contribution < 1.29 is 9.47 Å². The van der Waals surface area contributed by atoms with Gasteiger partial charge in [-0.05, 0) is 52.7 Å². The maximum atomic E-state index is 5.62. The quantitative estimate of drug-likeness (QED) is 0.781. The van der Waals surface area contributed by atoms with E-state index in [0.29, 0.717) is 6.61 Å². The first-order chi connectivity index (χ1) is 10.2. The van der Waals surface area contributed by atoms with Crippen molar-refractivity contribution in [2.24, 2.45) is 0 Å². The Labute approximate surface area is 145 Å². The van der Waals surface area contributed by atoms with Gasteiger partial charge in [-0.15, -0.1) is 12.4 Å². The molecule has 0 atom stereocenters. The molecule has 0 aliphatic rings. The zero-order valence-corrected chi connectivity index (χ0v) is 15.0. The van der Waals surface area contributed by atoms with E-state index in [2.05, 4.69) is 26.2 Å². The Kier molecular flexibility index (Phi) is 8.24. The summed E-state index contributed by atoms with van der Waals surface area (Å²) in [5.74, 6) is 1.48. The van der Waals surface area contributed by atoms with Gasteiger partial charge in [0.1, 0.15) is 0 Å². The van der Waals surface area contributed by atoms with Crippen LogP contribution in [0.5, 0.6) is 11.5 Å². The molecule has 1 aromatic carbocycles. The second-order valence-corrected chi connectivity index (χ2v) is 5.32. The summed E-state index contributed by atoms with van der Waals surface area (Å²) < 4.78 is 11.9. The molecular formula is C16H20BrClN2O2. The lowest BCUT2D eigenvalue weighted by atomic mass is 10.2. The number of nitrogens with zero attached hydrogens (tertiary/aromatic N) is 1. The molecule has 4 nitrogen and oxygen atoms in total. The average Bonchev–Trinajstić information content (AvgIpc) is 2.48. The van der Waals surface area contributed by atoms with Gasteiger partial charge in [0, 0.05) is 19.3 Å². The Balaban J connectivity index is 0.00000242. The minimum Gasteiger partial charge on any atom is -0.492 e. The lowest BCUT2D eigenvalue weighted by molar-refractivity contribution is 0.309. The highest BCUT2D eigenvalue weighted by molar-refractivity contribution is 9.10. The number of hydrogen-bond acceptors (Lipinski definition) is 4. The normalized spacial score (nSPS) is 9.95. The molecule has 0 aliphatic heterocycles. The van der Waals surface area contributed by atoms with Crippen LogP contribution < -0.4 is 14.8 Å². The van der Waals surface area contributed by atoms with E-state index < -0.39 is 0 Å². The van der Waals surface area contributed by atoms with E-state index in [-0.39, 0.29) is 12.4 Å². The van der Waals surface area contributed by atoms with Crippen LogP contribution in [0.1, 0.15) is 18.2 Å². The number of ether oxygens (including phenoxy) is 2. The predicted octanol–water partition coefficient (Wildman–Crippen LogP) is 3.96. The summed E-state index contributed by atoms with van der Waals surface area (Å²) in [5, 5.41) is 3.37. The van der Waals surface area contributed by atoms with Crippen molar-refractivity contribution in [1.82, 2.24) is 10.3 Å². The molecule has 0 bridgehead atoms. The molecule has 120 valence electrons. The zero-order valence-electron chi connectivity index (χ0n) is 12.6. The third-order valence-electron chi connectivity index (χ3n) is 2.93. The summed E-state index contributed by atoms with van der Waals surface area (Å²) in [5.41, 5.74) is 2.15. The molecule has 6 heteroatoms. The number of hydrogen-bond donors (Lipinski definition) is 1. The Morgan fingerprint density at radius 1 is 1.23 bits per heavy atom. The van der Waals surface area contributed by atoms with E-state index in [1.165, 1.54) is 0 Å². The van der Waals surface area contributed by atoms with Gasteiger partial charge in [-0.2, -0.15) is 0 Å². The maximum absolute atomic E-state index is 5.62. The molecule has 1 heterocycles.